The van der Waals surface area contributed by atoms with Gasteiger partial charge in [-0.2, -0.15) is 0 Å². The van der Waals surface area contributed by atoms with Crippen LogP contribution in [-0.4, -0.2) is 44.3 Å². The quantitative estimate of drug-likeness (QED) is 0.513. The van der Waals surface area contributed by atoms with Crippen LogP contribution in [-0.2, 0) is 22.7 Å². The topological polar surface area (TPSA) is 109 Å². The van der Waals surface area contributed by atoms with Crippen LogP contribution in [0.4, 0.5) is 5.69 Å². The highest BCUT2D eigenvalue weighted by Crippen LogP contribution is 2.24. The third kappa shape index (κ3) is 5.16. The van der Waals surface area contributed by atoms with Gasteiger partial charge in [-0.05, 0) is 63.0 Å². The number of hydrogen-bond donors (Lipinski definition) is 2. The molecule has 0 spiro atoms. The number of nitrogens with zero attached hydrogens (tertiary/aromatic N) is 4. The molecule has 3 aromatic rings. The number of likely N-dealkylation sites (tertiary alicyclic amines) is 1. The van der Waals surface area contributed by atoms with Crippen LogP contribution < -0.4 is 16.2 Å². The number of fused-ring (bicyclic) bond motifs is 1. The zero-order valence-corrected chi connectivity index (χ0v) is 20.6. The molecule has 5 rings (SSSR count). The molecule has 9 heteroatoms. The number of pyridine rings is 1. The van der Waals surface area contributed by atoms with E-state index in [1.165, 1.54) is 35.8 Å². The lowest BCUT2D eigenvalue weighted by atomic mass is 10.1. The first kappa shape index (κ1) is 24.1. The van der Waals surface area contributed by atoms with Gasteiger partial charge in [-0.3, -0.25) is 34.2 Å². The molecular formula is C27H32N6O3. The van der Waals surface area contributed by atoms with E-state index in [2.05, 4.69) is 31.6 Å². The molecule has 2 fully saturated rings. The molecule has 4 heterocycles. The Hall–Kier alpha value is -3.59. The molecule has 2 aromatic heterocycles. The van der Waals surface area contributed by atoms with Crippen LogP contribution in [0.25, 0.3) is 10.9 Å². The smallest absolute Gasteiger partial charge is 0.264 e. The number of aromatic nitrogens is 3. The van der Waals surface area contributed by atoms with Crippen molar-refractivity contribution in [1.82, 2.24) is 24.8 Å². The van der Waals surface area contributed by atoms with Crippen LogP contribution in [0.2, 0.25) is 0 Å². The second-order valence-electron chi connectivity index (χ2n) is 9.70. The largest absolute Gasteiger partial charge is 0.379 e. The SMILES string of the molecule is Cc1nc2cccc(NCc3ccc(CN4CCCCCC4)cn3)c2c(=O)n1C1CCC(=O)NC1=O. The van der Waals surface area contributed by atoms with E-state index in [0.29, 0.717) is 29.0 Å². The van der Waals surface area contributed by atoms with Crippen molar-refractivity contribution in [3.63, 3.8) is 0 Å². The zero-order valence-electron chi connectivity index (χ0n) is 20.6. The maximum Gasteiger partial charge on any atom is 0.264 e. The average Bonchev–Trinajstić information content (AvgIpc) is 3.13. The Morgan fingerprint density at radius 1 is 1.06 bits per heavy atom. The van der Waals surface area contributed by atoms with Crippen molar-refractivity contribution in [2.24, 2.45) is 0 Å². The van der Waals surface area contributed by atoms with Crippen molar-refractivity contribution < 1.29 is 9.59 Å². The Kier molecular flexibility index (Phi) is 7.09. The molecule has 2 aliphatic heterocycles. The first-order valence-electron chi connectivity index (χ1n) is 12.8. The van der Waals surface area contributed by atoms with E-state index < -0.39 is 11.9 Å². The monoisotopic (exact) mass is 488 g/mol. The summed E-state index contributed by atoms with van der Waals surface area (Å²) in [5.41, 5.74) is 2.99. The van der Waals surface area contributed by atoms with Crippen molar-refractivity contribution in [1.29, 1.82) is 0 Å². The van der Waals surface area contributed by atoms with E-state index in [0.717, 1.165) is 25.3 Å². The van der Waals surface area contributed by atoms with Crippen LogP contribution in [0, 0.1) is 6.92 Å². The Morgan fingerprint density at radius 3 is 2.58 bits per heavy atom. The highest BCUT2D eigenvalue weighted by Gasteiger charge is 2.30. The third-order valence-electron chi connectivity index (χ3n) is 7.08. The number of carbonyl (C=O) groups is 2. The fourth-order valence-electron chi connectivity index (χ4n) is 5.19. The van der Waals surface area contributed by atoms with Crippen LogP contribution in [0.5, 0.6) is 0 Å². The van der Waals surface area contributed by atoms with Gasteiger partial charge in [-0.1, -0.05) is 25.0 Å². The highest BCUT2D eigenvalue weighted by atomic mass is 16.2. The molecular weight excluding hydrogens is 456 g/mol. The lowest BCUT2D eigenvalue weighted by Gasteiger charge is -2.24. The molecule has 2 N–H and O–H groups in total. The van der Waals surface area contributed by atoms with Gasteiger partial charge in [0.2, 0.25) is 11.8 Å². The lowest BCUT2D eigenvalue weighted by molar-refractivity contribution is -0.135. The molecule has 0 bridgehead atoms. The molecule has 0 radical (unpaired) electrons. The summed E-state index contributed by atoms with van der Waals surface area (Å²) in [7, 11) is 0. The number of amides is 2. The maximum absolute atomic E-state index is 13.6. The van der Waals surface area contributed by atoms with Crippen LogP contribution in [0.3, 0.4) is 0 Å². The molecule has 36 heavy (non-hydrogen) atoms. The van der Waals surface area contributed by atoms with Gasteiger partial charge in [0.05, 0.1) is 23.1 Å². The fraction of sp³-hybridized carbons (Fsp3) is 0.444. The van der Waals surface area contributed by atoms with Crippen LogP contribution >= 0.6 is 0 Å². The number of rotatable bonds is 6. The lowest BCUT2D eigenvalue weighted by Crippen LogP contribution is -2.45. The molecule has 2 aliphatic rings. The van der Waals surface area contributed by atoms with Gasteiger partial charge in [0.25, 0.3) is 5.56 Å². The number of hydrogen-bond acceptors (Lipinski definition) is 7. The molecule has 9 nitrogen and oxygen atoms in total. The van der Waals surface area contributed by atoms with E-state index >= 15 is 0 Å². The maximum atomic E-state index is 13.6. The zero-order chi connectivity index (χ0) is 25.1. The van der Waals surface area contributed by atoms with E-state index in [4.69, 9.17) is 0 Å². The number of imide groups is 1. The third-order valence-corrected chi connectivity index (χ3v) is 7.08. The number of carbonyl (C=O) groups excluding carboxylic acids is 2. The number of nitrogens with one attached hydrogen (secondary N) is 2. The first-order valence-corrected chi connectivity index (χ1v) is 12.8. The van der Waals surface area contributed by atoms with E-state index in [-0.39, 0.29) is 24.3 Å². The summed E-state index contributed by atoms with van der Waals surface area (Å²) in [6.07, 6.45) is 7.58. The van der Waals surface area contributed by atoms with Crippen LogP contribution in [0.15, 0.2) is 41.3 Å². The summed E-state index contributed by atoms with van der Waals surface area (Å²) in [6.45, 7) is 5.38. The molecule has 2 amide bonds. The van der Waals surface area contributed by atoms with Crippen molar-refractivity contribution in [2.75, 3.05) is 18.4 Å². The minimum absolute atomic E-state index is 0.194. The van der Waals surface area contributed by atoms with Gasteiger partial charge in [0, 0.05) is 24.8 Å². The minimum atomic E-state index is -0.751. The van der Waals surface area contributed by atoms with Crippen LogP contribution in [0.1, 0.15) is 61.6 Å². The summed E-state index contributed by atoms with van der Waals surface area (Å²) >= 11 is 0. The van der Waals surface area contributed by atoms with Gasteiger partial charge < -0.3 is 5.32 Å². The fourth-order valence-corrected chi connectivity index (χ4v) is 5.19. The standard InChI is InChI=1S/C27H32N6O3/c1-18-30-22-8-6-7-21(25(22)27(36)33(18)23-11-12-24(34)31-26(23)35)29-16-20-10-9-19(15-28-20)17-32-13-4-2-3-5-14-32/h6-10,15,23,29H,2-5,11-14,16-17H2,1H3,(H,31,34,35). The number of anilines is 1. The van der Waals surface area contributed by atoms with Gasteiger partial charge in [-0.15, -0.1) is 0 Å². The van der Waals surface area contributed by atoms with E-state index in [1.807, 2.05) is 24.4 Å². The van der Waals surface area contributed by atoms with Crippen molar-refractivity contribution in [2.45, 2.75) is 64.6 Å². The predicted molar refractivity (Wildman–Crippen MR) is 137 cm³/mol. The minimum Gasteiger partial charge on any atom is -0.379 e. The van der Waals surface area contributed by atoms with E-state index in [9.17, 15) is 14.4 Å². The van der Waals surface area contributed by atoms with Crippen molar-refractivity contribution >= 4 is 28.4 Å². The summed E-state index contributed by atoms with van der Waals surface area (Å²) in [5.74, 6) is -0.337. The normalized spacial score (nSPS) is 19.2. The molecule has 1 unspecified atom stereocenters. The van der Waals surface area contributed by atoms with Crippen molar-refractivity contribution in [3.8, 4) is 0 Å². The Balaban J connectivity index is 1.34. The Labute approximate surface area is 209 Å². The number of benzene rings is 1. The molecule has 188 valence electrons. The van der Waals surface area contributed by atoms with Gasteiger partial charge in [-0.25, -0.2) is 4.98 Å². The molecule has 1 aromatic carbocycles. The highest BCUT2D eigenvalue weighted by molar-refractivity contribution is 5.99. The molecule has 2 saturated heterocycles. The first-order chi connectivity index (χ1) is 17.5. The van der Waals surface area contributed by atoms with E-state index in [1.54, 1.807) is 13.0 Å². The predicted octanol–water partition coefficient (Wildman–Crippen LogP) is 3.07. The van der Waals surface area contributed by atoms with Gasteiger partial charge >= 0.3 is 0 Å². The summed E-state index contributed by atoms with van der Waals surface area (Å²) < 4.78 is 1.41. The Morgan fingerprint density at radius 2 is 1.86 bits per heavy atom. The van der Waals surface area contributed by atoms with Gasteiger partial charge in [0.1, 0.15) is 11.9 Å². The summed E-state index contributed by atoms with van der Waals surface area (Å²) in [4.78, 5) is 49.3. The molecule has 1 atom stereocenters. The van der Waals surface area contributed by atoms with Crippen molar-refractivity contribution in [3.05, 3.63) is 64.0 Å². The number of aryl methyl sites for hydroxylation is 1. The summed E-state index contributed by atoms with van der Waals surface area (Å²) in [5, 5.41) is 6.10. The number of piperidine rings is 1. The summed E-state index contributed by atoms with van der Waals surface area (Å²) in [6, 6.07) is 8.88. The Bertz CT molecular complexity index is 1330. The second-order valence-corrected chi connectivity index (χ2v) is 9.70. The van der Waals surface area contributed by atoms with Gasteiger partial charge in [0.15, 0.2) is 0 Å². The average molecular weight is 489 g/mol. The second kappa shape index (κ2) is 10.6. The molecule has 0 saturated carbocycles. The molecule has 0 aliphatic carbocycles.